The number of ether oxygens (including phenoxy) is 1. The molecular formula is C21H34O3. The first kappa shape index (κ1) is 20.5. The number of hydrogen-bond acceptors (Lipinski definition) is 2. The third-order valence-corrected chi connectivity index (χ3v) is 4.36. The van der Waals surface area contributed by atoms with Crippen LogP contribution in [0.4, 0.5) is 0 Å². The Hall–Kier alpha value is -1.51. The molecule has 0 radical (unpaired) electrons. The molecule has 1 aromatic rings. The molecule has 0 bridgehead atoms. The summed E-state index contributed by atoms with van der Waals surface area (Å²) in [5.41, 5.74) is 3.93. The van der Waals surface area contributed by atoms with Gasteiger partial charge in [0.25, 0.3) is 0 Å². The molecule has 0 fully saturated rings. The highest BCUT2D eigenvalue weighted by Crippen LogP contribution is 2.33. The maximum Gasteiger partial charge on any atom is 0.339 e. The molecule has 136 valence electrons. The molecule has 0 atom stereocenters. The Kier molecular flexibility index (Phi) is 8.88. The Bertz CT molecular complexity index is 532. The maximum atomic E-state index is 11.8. The van der Waals surface area contributed by atoms with E-state index < -0.39 is 5.97 Å². The van der Waals surface area contributed by atoms with Crippen LogP contribution in [0.1, 0.15) is 87.4 Å². The van der Waals surface area contributed by atoms with E-state index >= 15 is 0 Å². The van der Waals surface area contributed by atoms with E-state index in [-0.39, 0.29) is 0 Å². The smallest absolute Gasteiger partial charge is 0.339 e. The van der Waals surface area contributed by atoms with Crippen molar-refractivity contribution < 1.29 is 14.6 Å². The first-order valence-electron chi connectivity index (χ1n) is 9.49. The maximum absolute atomic E-state index is 11.8. The van der Waals surface area contributed by atoms with Crippen molar-refractivity contribution in [3.63, 3.8) is 0 Å². The Morgan fingerprint density at radius 2 is 1.79 bits per heavy atom. The third kappa shape index (κ3) is 5.54. The van der Waals surface area contributed by atoms with Crippen LogP contribution >= 0.6 is 0 Å². The fourth-order valence-electron chi connectivity index (χ4n) is 3.26. The molecule has 0 aliphatic rings. The fraction of sp³-hybridized carbons (Fsp3) is 0.667. The highest BCUT2D eigenvalue weighted by Gasteiger charge is 2.21. The van der Waals surface area contributed by atoms with Crippen LogP contribution in [0.3, 0.4) is 0 Å². The number of aromatic carboxylic acids is 1. The Morgan fingerprint density at radius 3 is 2.29 bits per heavy atom. The highest BCUT2D eigenvalue weighted by molar-refractivity contribution is 5.92. The number of carboxylic acids is 1. The molecule has 0 saturated carbocycles. The molecule has 1 aromatic carbocycles. The number of carbonyl (C=O) groups is 1. The van der Waals surface area contributed by atoms with Crippen molar-refractivity contribution >= 4 is 5.97 Å². The minimum atomic E-state index is -0.883. The summed E-state index contributed by atoms with van der Waals surface area (Å²) in [6.07, 6.45) is 6.79. The molecule has 0 heterocycles. The molecule has 3 nitrogen and oxygen atoms in total. The van der Waals surface area contributed by atoms with E-state index in [0.29, 0.717) is 23.8 Å². The summed E-state index contributed by atoms with van der Waals surface area (Å²) in [6.45, 7) is 11.4. The summed E-state index contributed by atoms with van der Waals surface area (Å²) in [5.74, 6) is 0.372. The minimum Gasteiger partial charge on any atom is -0.492 e. The summed E-state index contributed by atoms with van der Waals surface area (Å²) < 4.78 is 6.03. The normalized spacial score (nSPS) is 11.1. The lowest BCUT2D eigenvalue weighted by Gasteiger charge is -2.21. The number of rotatable bonds is 11. The van der Waals surface area contributed by atoms with Crippen LogP contribution in [0.2, 0.25) is 0 Å². The van der Waals surface area contributed by atoms with Gasteiger partial charge in [-0.3, -0.25) is 0 Å². The van der Waals surface area contributed by atoms with Gasteiger partial charge in [-0.2, -0.15) is 0 Å². The van der Waals surface area contributed by atoms with Gasteiger partial charge in [-0.1, -0.05) is 47.5 Å². The molecule has 0 amide bonds. The first-order chi connectivity index (χ1) is 11.5. The quantitative estimate of drug-likeness (QED) is 0.531. The molecule has 0 aromatic heterocycles. The van der Waals surface area contributed by atoms with Crippen molar-refractivity contribution in [2.75, 3.05) is 6.61 Å². The van der Waals surface area contributed by atoms with Gasteiger partial charge in [-0.15, -0.1) is 0 Å². The van der Waals surface area contributed by atoms with Gasteiger partial charge in [-0.25, -0.2) is 4.79 Å². The molecule has 3 heteroatoms. The van der Waals surface area contributed by atoms with Gasteiger partial charge in [0.1, 0.15) is 11.3 Å². The summed E-state index contributed by atoms with van der Waals surface area (Å²) >= 11 is 0. The SMILES string of the molecule is CCCc1cc(C(=O)O)c(OCCCC(C)C)c(CCC)c1CC. The fourth-order valence-corrected chi connectivity index (χ4v) is 3.26. The van der Waals surface area contributed by atoms with Crippen molar-refractivity contribution in [3.8, 4) is 5.75 Å². The van der Waals surface area contributed by atoms with Crippen LogP contribution in [0.25, 0.3) is 0 Å². The largest absolute Gasteiger partial charge is 0.492 e. The van der Waals surface area contributed by atoms with Crippen LogP contribution in [-0.4, -0.2) is 17.7 Å². The topological polar surface area (TPSA) is 46.5 Å². The summed E-state index contributed by atoms with van der Waals surface area (Å²) in [5, 5.41) is 9.68. The Balaban J connectivity index is 3.26. The average molecular weight is 335 g/mol. The van der Waals surface area contributed by atoms with Gasteiger partial charge in [-0.05, 0) is 60.8 Å². The molecule has 1 N–H and O–H groups in total. The van der Waals surface area contributed by atoms with E-state index in [2.05, 4.69) is 34.6 Å². The predicted molar refractivity (Wildman–Crippen MR) is 100 cm³/mol. The van der Waals surface area contributed by atoms with Crippen LogP contribution < -0.4 is 4.74 Å². The summed E-state index contributed by atoms with van der Waals surface area (Å²) in [6, 6.07) is 1.85. The average Bonchev–Trinajstić information content (AvgIpc) is 2.52. The zero-order valence-corrected chi connectivity index (χ0v) is 16.1. The summed E-state index contributed by atoms with van der Waals surface area (Å²) in [4.78, 5) is 11.8. The van der Waals surface area contributed by atoms with Crippen molar-refractivity contribution in [3.05, 3.63) is 28.3 Å². The second-order valence-corrected chi connectivity index (χ2v) is 6.91. The van der Waals surface area contributed by atoms with E-state index in [1.165, 1.54) is 11.1 Å². The van der Waals surface area contributed by atoms with E-state index in [1.54, 1.807) is 0 Å². The third-order valence-electron chi connectivity index (χ3n) is 4.36. The van der Waals surface area contributed by atoms with Crippen molar-refractivity contribution in [2.24, 2.45) is 5.92 Å². The first-order valence-corrected chi connectivity index (χ1v) is 9.49. The Morgan fingerprint density at radius 1 is 1.12 bits per heavy atom. The van der Waals surface area contributed by atoms with Gasteiger partial charge < -0.3 is 9.84 Å². The minimum absolute atomic E-state index is 0.337. The molecule has 0 saturated heterocycles. The van der Waals surface area contributed by atoms with Crippen LogP contribution in [-0.2, 0) is 19.3 Å². The van der Waals surface area contributed by atoms with Gasteiger partial charge >= 0.3 is 5.97 Å². The summed E-state index contributed by atoms with van der Waals surface area (Å²) in [7, 11) is 0. The zero-order valence-electron chi connectivity index (χ0n) is 16.1. The standard InChI is InChI=1S/C21H34O3/c1-6-10-16-14-19(21(22)23)20(24-13-9-12-15(4)5)18(11-7-2)17(16)8-3/h14-15H,6-13H2,1-5H3,(H,22,23). The number of hydrogen-bond donors (Lipinski definition) is 1. The van der Waals surface area contributed by atoms with Gasteiger partial charge in [0.05, 0.1) is 6.61 Å². The number of aryl methyl sites for hydroxylation is 1. The lowest BCUT2D eigenvalue weighted by molar-refractivity contribution is 0.0691. The van der Waals surface area contributed by atoms with E-state index in [4.69, 9.17) is 4.74 Å². The lowest BCUT2D eigenvalue weighted by Crippen LogP contribution is -2.12. The van der Waals surface area contributed by atoms with E-state index in [9.17, 15) is 9.90 Å². The molecule has 24 heavy (non-hydrogen) atoms. The van der Waals surface area contributed by atoms with E-state index in [0.717, 1.165) is 50.5 Å². The molecule has 0 spiro atoms. The van der Waals surface area contributed by atoms with Crippen molar-refractivity contribution in [2.45, 2.75) is 79.6 Å². The van der Waals surface area contributed by atoms with E-state index in [1.807, 2.05) is 6.07 Å². The van der Waals surface area contributed by atoms with Gasteiger partial charge in [0, 0.05) is 0 Å². The monoisotopic (exact) mass is 334 g/mol. The second-order valence-electron chi connectivity index (χ2n) is 6.91. The molecular weight excluding hydrogens is 300 g/mol. The molecule has 0 aliphatic heterocycles. The molecule has 0 aliphatic carbocycles. The van der Waals surface area contributed by atoms with Gasteiger partial charge in [0.2, 0.25) is 0 Å². The molecule has 0 unspecified atom stereocenters. The van der Waals surface area contributed by atoms with Crippen molar-refractivity contribution in [1.29, 1.82) is 0 Å². The van der Waals surface area contributed by atoms with Crippen LogP contribution in [0.15, 0.2) is 6.07 Å². The van der Waals surface area contributed by atoms with Gasteiger partial charge in [0.15, 0.2) is 0 Å². The van der Waals surface area contributed by atoms with Crippen molar-refractivity contribution in [1.82, 2.24) is 0 Å². The molecule has 1 rings (SSSR count). The zero-order chi connectivity index (χ0) is 18.1. The lowest BCUT2D eigenvalue weighted by atomic mass is 9.90. The number of carboxylic acid groups (broad SMARTS) is 1. The predicted octanol–water partition coefficient (Wildman–Crippen LogP) is 5.67. The highest BCUT2D eigenvalue weighted by atomic mass is 16.5. The second kappa shape index (κ2) is 10.4. The Labute approximate surface area is 147 Å². The van der Waals surface area contributed by atoms with Crippen LogP contribution in [0, 0.1) is 5.92 Å². The number of benzene rings is 1. The van der Waals surface area contributed by atoms with Crippen LogP contribution in [0.5, 0.6) is 5.75 Å².